The molecular weight excluding hydrogens is 422 g/mol. The minimum absolute atomic E-state index is 0.00105. The zero-order valence-electron chi connectivity index (χ0n) is 18.4. The largest absolute Gasteiger partial charge is 0.632 e. The van der Waals surface area contributed by atoms with Crippen LogP contribution in [-0.4, -0.2) is 38.6 Å². The highest BCUT2D eigenvalue weighted by Crippen LogP contribution is 2.39. The van der Waals surface area contributed by atoms with E-state index in [1.165, 1.54) is 0 Å². The molecule has 0 spiro atoms. The number of nitrogens with one attached hydrogen (secondary N) is 1. The number of alkyl halides is 2. The molecule has 174 valence electrons. The van der Waals surface area contributed by atoms with Crippen LogP contribution in [0.1, 0.15) is 69.9 Å². The van der Waals surface area contributed by atoms with Crippen molar-refractivity contribution in [2.75, 3.05) is 0 Å². The molecule has 2 heterocycles. The van der Waals surface area contributed by atoms with Gasteiger partial charge in [0.05, 0.1) is 6.04 Å². The molecule has 1 aliphatic carbocycles. The molecule has 8 nitrogen and oxygen atoms in total. The standard InChI is InChI=1S/C22H28F2N4O4/c1-22(2,3)32-21(29)25-16-6-4-5-7-17(16)28(30)11-14-9-8-13(10-15(14)12-28)19-26-27-20(31-19)18(23)24/h8-10,16-18H,4-7,11-12H2,1-3H3,(H,25,29)/t16-,17-,28?/m1/s1. The van der Waals surface area contributed by atoms with Crippen molar-refractivity contribution in [2.45, 2.75) is 83.7 Å². The molecule has 4 rings (SSSR count). The van der Waals surface area contributed by atoms with Crippen molar-refractivity contribution in [3.8, 4) is 11.5 Å². The van der Waals surface area contributed by atoms with Crippen molar-refractivity contribution in [2.24, 2.45) is 0 Å². The summed E-state index contributed by atoms with van der Waals surface area (Å²) in [6.07, 6.45) is -0.0290. The summed E-state index contributed by atoms with van der Waals surface area (Å²) < 4.78 is 35.5. The predicted molar refractivity (Wildman–Crippen MR) is 111 cm³/mol. The van der Waals surface area contributed by atoms with E-state index in [2.05, 4.69) is 15.5 Å². The number of fused-ring (bicyclic) bond motifs is 1. The SMILES string of the molecule is CC(C)(C)OC(=O)N[C@@H]1CCCC[C@H]1[N+]1([O-])Cc2ccc(-c3nnc(C(F)F)o3)cc2C1. The van der Waals surface area contributed by atoms with Gasteiger partial charge in [-0.25, -0.2) is 4.79 Å². The van der Waals surface area contributed by atoms with Crippen molar-refractivity contribution in [1.82, 2.24) is 15.5 Å². The van der Waals surface area contributed by atoms with Crippen LogP contribution in [0.3, 0.4) is 0 Å². The van der Waals surface area contributed by atoms with Gasteiger partial charge in [-0.2, -0.15) is 8.78 Å². The molecule has 1 aromatic heterocycles. The number of hydrogen-bond acceptors (Lipinski definition) is 6. The lowest BCUT2D eigenvalue weighted by Crippen LogP contribution is -2.59. The first-order valence-electron chi connectivity index (χ1n) is 10.8. The van der Waals surface area contributed by atoms with Gasteiger partial charge in [-0.1, -0.05) is 12.5 Å². The van der Waals surface area contributed by atoms with Crippen LogP contribution in [0.25, 0.3) is 11.5 Å². The Bertz CT molecular complexity index is 991. The Balaban J connectivity index is 1.51. The van der Waals surface area contributed by atoms with E-state index in [9.17, 15) is 18.8 Å². The Labute approximate surface area is 185 Å². The number of carbonyl (C=O) groups excluding carboxylic acids is 1. The average molecular weight is 450 g/mol. The van der Waals surface area contributed by atoms with Crippen molar-refractivity contribution in [3.63, 3.8) is 0 Å². The molecule has 1 N–H and O–H groups in total. The van der Waals surface area contributed by atoms with Gasteiger partial charge in [-0.3, -0.25) is 0 Å². The summed E-state index contributed by atoms with van der Waals surface area (Å²) in [4.78, 5) is 12.3. The molecule has 0 saturated heterocycles. The van der Waals surface area contributed by atoms with Crippen LogP contribution in [0, 0.1) is 5.21 Å². The maximum Gasteiger partial charge on any atom is 0.408 e. The number of aromatic nitrogens is 2. The van der Waals surface area contributed by atoms with Gasteiger partial charge in [-0.15, -0.1) is 10.2 Å². The number of hydrogen-bond donors (Lipinski definition) is 1. The number of alkyl carbamates (subject to hydrolysis) is 1. The number of hydroxylamine groups is 3. The van der Waals surface area contributed by atoms with Gasteiger partial charge in [0, 0.05) is 23.1 Å². The summed E-state index contributed by atoms with van der Waals surface area (Å²) in [6.45, 7) is 5.92. The fourth-order valence-electron chi connectivity index (χ4n) is 4.67. The molecule has 10 heteroatoms. The third kappa shape index (κ3) is 4.75. The molecule has 1 saturated carbocycles. The van der Waals surface area contributed by atoms with E-state index < -0.39 is 28.7 Å². The van der Waals surface area contributed by atoms with Crippen molar-refractivity contribution < 1.29 is 27.4 Å². The highest BCUT2D eigenvalue weighted by atomic mass is 19.3. The maximum atomic E-state index is 13.9. The van der Waals surface area contributed by atoms with Crippen LogP contribution < -0.4 is 5.32 Å². The minimum atomic E-state index is -2.84. The smallest absolute Gasteiger partial charge is 0.408 e. The van der Waals surface area contributed by atoms with E-state index in [1.54, 1.807) is 32.9 Å². The molecule has 1 amide bonds. The molecule has 2 aliphatic rings. The second-order valence-corrected chi connectivity index (χ2v) is 9.60. The van der Waals surface area contributed by atoms with Crippen LogP contribution in [0.15, 0.2) is 22.6 Å². The minimum Gasteiger partial charge on any atom is -0.632 e. The number of quaternary nitrogens is 1. The molecule has 1 aliphatic heterocycles. The maximum absolute atomic E-state index is 13.9. The number of ether oxygens (including phenoxy) is 1. The first kappa shape index (κ1) is 22.6. The lowest BCUT2D eigenvalue weighted by atomic mass is 9.89. The second-order valence-electron chi connectivity index (χ2n) is 9.60. The molecular formula is C22H28F2N4O4. The first-order valence-corrected chi connectivity index (χ1v) is 10.8. The van der Waals surface area contributed by atoms with Gasteiger partial charge in [0.2, 0.25) is 5.89 Å². The predicted octanol–water partition coefficient (Wildman–Crippen LogP) is 4.84. The number of halogens is 2. The quantitative estimate of drug-likeness (QED) is 0.529. The highest BCUT2D eigenvalue weighted by Gasteiger charge is 2.42. The Morgan fingerprint density at radius 1 is 1.22 bits per heavy atom. The lowest BCUT2D eigenvalue weighted by molar-refractivity contribution is -0.927. The number of carbonyl (C=O) groups is 1. The Morgan fingerprint density at radius 2 is 1.94 bits per heavy atom. The molecule has 1 unspecified atom stereocenters. The van der Waals surface area contributed by atoms with Crippen LogP contribution in [0.4, 0.5) is 13.6 Å². The number of amides is 1. The molecule has 0 bridgehead atoms. The Morgan fingerprint density at radius 3 is 2.62 bits per heavy atom. The number of benzene rings is 1. The van der Waals surface area contributed by atoms with Crippen molar-refractivity contribution >= 4 is 6.09 Å². The third-order valence-electron chi connectivity index (χ3n) is 5.99. The molecule has 1 fully saturated rings. The van der Waals surface area contributed by atoms with E-state index in [4.69, 9.17) is 9.15 Å². The summed E-state index contributed by atoms with van der Waals surface area (Å²) in [7, 11) is 0. The Kier molecular flexibility index (Phi) is 5.93. The zero-order valence-corrected chi connectivity index (χ0v) is 18.4. The first-order chi connectivity index (χ1) is 15.0. The summed E-state index contributed by atoms with van der Waals surface area (Å²) in [5, 5.41) is 23.9. The molecule has 0 radical (unpaired) electrons. The van der Waals surface area contributed by atoms with Crippen molar-refractivity contribution in [1.29, 1.82) is 0 Å². The van der Waals surface area contributed by atoms with Crippen LogP contribution in [-0.2, 0) is 17.8 Å². The van der Waals surface area contributed by atoms with Gasteiger partial charge in [0.1, 0.15) is 24.7 Å². The second kappa shape index (κ2) is 8.40. The van der Waals surface area contributed by atoms with Gasteiger partial charge >= 0.3 is 12.5 Å². The normalized spacial score (nSPS) is 25.6. The van der Waals surface area contributed by atoms with Crippen molar-refractivity contribution in [3.05, 3.63) is 40.4 Å². The van der Waals surface area contributed by atoms with Gasteiger partial charge in [-0.05, 0) is 45.7 Å². The Hall–Kier alpha value is -2.59. The summed E-state index contributed by atoms with van der Waals surface area (Å²) in [5.41, 5.74) is 1.62. The van der Waals surface area contributed by atoms with Gasteiger partial charge in [0.25, 0.3) is 5.89 Å². The van der Waals surface area contributed by atoms with E-state index in [0.29, 0.717) is 18.5 Å². The molecule has 32 heavy (non-hydrogen) atoms. The fraction of sp³-hybridized carbons (Fsp3) is 0.591. The molecule has 1 aromatic carbocycles. The summed E-state index contributed by atoms with van der Waals surface area (Å²) in [5.74, 6) is -0.728. The van der Waals surface area contributed by atoms with Gasteiger partial charge in [0.15, 0.2) is 0 Å². The zero-order chi connectivity index (χ0) is 23.1. The monoisotopic (exact) mass is 450 g/mol. The highest BCUT2D eigenvalue weighted by molar-refractivity contribution is 5.68. The number of nitrogens with zero attached hydrogens (tertiary/aromatic N) is 3. The lowest BCUT2D eigenvalue weighted by Gasteiger charge is -2.50. The summed E-state index contributed by atoms with van der Waals surface area (Å²) >= 11 is 0. The van der Waals surface area contributed by atoms with Crippen LogP contribution in [0.2, 0.25) is 0 Å². The van der Waals surface area contributed by atoms with E-state index >= 15 is 0 Å². The molecule has 3 atom stereocenters. The third-order valence-corrected chi connectivity index (χ3v) is 5.99. The van der Waals surface area contributed by atoms with Crippen LogP contribution in [0.5, 0.6) is 0 Å². The summed E-state index contributed by atoms with van der Waals surface area (Å²) in [6, 6.07) is 4.72. The fourth-order valence-corrected chi connectivity index (χ4v) is 4.67. The van der Waals surface area contributed by atoms with E-state index in [1.807, 2.05) is 6.07 Å². The van der Waals surface area contributed by atoms with E-state index in [-0.39, 0.29) is 24.5 Å². The van der Waals surface area contributed by atoms with E-state index in [0.717, 1.165) is 30.4 Å². The topological polar surface area (TPSA) is 100 Å². The average Bonchev–Trinajstić information content (AvgIpc) is 3.31. The van der Waals surface area contributed by atoms with Gasteiger partial charge < -0.3 is 24.3 Å². The number of rotatable bonds is 4. The van der Waals surface area contributed by atoms with Crippen LogP contribution >= 0.6 is 0 Å². The molecule has 2 aromatic rings.